The van der Waals surface area contributed by atoms with E-state index in [0.29, 0.717) is 6.54 Å². The third-order valence-corrected chi connectivity index (χ3v) is 2.98. The molecule has 78 valence electrons. The van der Waals surface area contributed by atoms with Crippen LogP contribution in [0.2, 0.25) is 0 Å². The van der Waals surface area contributed by atoms with Crippen molar-refractivity contribution in [3.63, 3.8) is 0 Å². The van der Waals surface area contributed by atoms with Gasteiger partial charge in [-0.3, -0.25) is 0 Å². The molecule has 1 saturated carbocycles. The molecular formula is C10H14INO2. The predicted octanol–water partition coefficient (Wildman–Crippen LogP) is 2.74. The molecule has 4 heteroatoms. The molecule has 0 radical (unpaired) electrons. The molecule has 0 aliphatic heterocycles. The van der Waals surface area contributed by atoms with Crippen LogP contribution in [0, 0.1) is 12.3 Å². The van der Waals surface area contributed by atoms with Crippen LogP contribution in [0.1, 0.15) is 32.1 Å². The van der Waals surface area contributed by atoms with E-state index in [1.54, 1.807) is 0 Å². The van der Waals surface area contributed by atoms with Crippen LogP contribution in [-0.4, -0.2) is 21.9 Å². The Hall–Kier alpha value is -0.440. The first kappa shape index (κ1) is 11.6. The van der Waals surface area contributed by atoms with E-state index in [9.17, 15) is 4.79 Å². The van der Waals surface area contributed by atoms with E-state index in [1.807, 2.05) is 22.9 Å². The summed E-state index contributed by atoms with van der Waals surface area (Å²) >= 11 is 1.88. The Balaban J connectivity index is 2.28. The lowest BCUT2D eigenvalue weighted by atomic mass is 9.98. The first-order chi connectivity index (χ1) is 6.74. The molecule has 0 atom stereocenters. The van der Waals surface area contributed by atoms with Gasteiger partial charge in [0.25, 0.3) is 0 Å². The Labute approximate surface area is 98.7 Å². The molecule has 1 aliphatic rings. The molecule has 0 aromatic rings. The molecule has 0 spiro atoms. The Morgan fingerprint density at radius 3 is 2.71 bits per heavy atom. The summed E-state index contributed by atoms with van der Waals surface area (Å²) in [5.41, 5.74) is 0. The van der Waals surface area contributed by atoms with Crippen molar-refractivity contribution in [1.82, 2.24) is 3.11 Å². The highest BCUT2D eigenvalue weighted by Crippen LogP contribution is 2.21. The van der Waals surface area contributed by atoms with E-state index in [1.165, 1.54) is 9.53 Å². The van der Waals surface area contributed by atoms with Crippen molar-refractivity contribution in [1.29, 1.82) is 0 Å². The molecule has 3 nitrogen and oxygen atoms in total. The van der Waals surface area contributed by atoms with Gasteiger partial charge in [0.1, 0.15) is 6.10 Å². The van der Waals surface area contributed by atoms with Crippen LogP contribution in [0.3, 0.4) is 0 Å². The lowest BCUT2D eigenvalue weighted by molar-refractivity contribution is 0.0666. The molecule has 0 unspecified atom stereocenters. The molecule has 1 rings (SSSR count). The minimum absolute atomic E-state index is 0.103. The number of ether oxygens (including phenoxy) is 1. The summed E-state index contributed by atoms with van der Waals surface area (Å²) in [4.78, 5) is 11.4. The summed E-state index contributed by atoms with van der Waals surface area (Å²) in [6, 6.07) is 0. The molecule has 0 aromatic heterocycles. The number of rotatable bonds is 2. The monoisotopic (exact) mass is 307 g/mol. The lowest BCUT2D eigenvalue weighted by Crippen LogP contribution is -2.28. The number of hydrogen-bond donors (Lipinski definition) is 0. The summed E-state index contributed by atoms with van der Waals surface area (Å²) in [6.07, 6.45) is 10.5. The van der Waals surface area contributed by atoms with Crippen molar-refractivity contribution in [2.24, 2.45) is 0 Å². The number of hydrogen-bond acceptors (Lipinski definition) is 2. The largest absolute Gasteiger partial charge is 0.446 e. The van der Waals surface area contributed by atoms with Gasteiger partial charge in [-0.1, -0.05) is 12.3 Å². The van der Waals surface area contributed by atoms with Crippen molar-refractivity contribution in [3.05, 3.63) is 0 Å². The fourth-order valence-corrected chi connectivity index (χ4v) is 1.84. The second-order valence-corrected chi connectivity index (χ2v) is 4.53. The van der Waals surface area contributed by atoms with Gasteiger partial charge >= 0.3 is 6.09 Å². The van der Waals surface area contributed by atoms with Gasteiger partial charge in [0, 0.05) is 0 Å². The zero-order valence-corrected chi connectivity index (χ0v) is 10.2. The fraction of sp³-hybridized carbons (Fsp3) is 0.700. The second-order valence-electron chi connectivity index (χ2n) is 3.37. The van der Waals surface area contributed by atoms with Gasteiger partial charge in [0.05, 0.1) is 29.4 Å². The van der Waals surface area contributed by atoms with Gasteiger partial charge in [-0.05, 0) is 25.7 Å². The highest BCUT2D eigenvalue weighted by atomic mass is 127. The summed E-state index contributed by atoms with van der Waals surface area (Å²) in [7, 11) is 0. The van der Waals surface area contributed by atoms with E-state index < -0.39 is 0 Å². The summed E-state index contributed by atoms with van der Waals surface area (Å²) in [5.74, 6) is 2.40. The summed E-state index contributed by atoms with van der Waals surface area (Å²) < 4.78 is 6.68. The molecular weight excluding hydrogens is 293 g/mol. The average molecular weight is 307 g/mol. The van der Waals surface area contributed by atoms with Crippen LogP contribution in [-0.2, 0) is 4.74 Å². The molecule has 0 heterocycles. The number of carbonyl (C=O) groups is 1. The molecule has 1 amide bonds. The van der Waals surface area contributed by atoms with Gasteiger partial charge in [-0.25, -0.2) is 7.91 Å². The Morgan fingerprint density at radius 1 is 1.50 bits per heavy atom. The Bertz CT molecular complexity index is 231. The fourth-order valence-electron chi connectivity index (χ4n) is 1.53. The predicted molar refractivity (Wildman–Crippen MR) is 62.9 cm³/mol. The molecule has 1 fully saturated rings. The van der Waals surface area contributed by atoms with Gasteiger partial charge in [-0.15, -0.1) is 6.42 Å². The van der Waals surface area contributed by atoms with Gasteiger partial charge in [-0.2, -0.15) is 0 Å². The number of halogens is 1. The van der Waals surface area contributed by atoms with Gasteiger partial charge < -0.3 is 4.74 Å². The normalized spacial score (nSPS) is 17.1. The van der Waals surface area contributed by atoms with Crippen LogP contribution >= 0.6 is 22.9 Å². The van der Waals surface area contributed by atoms with Gasteiger partial charge in [0.2, 0.25) is 0 Å². The van der Waals surface area contributed by atoms with Crippen molar-refractivity contribution in [3.8, 4) is 12.3 Å². The third-order valence-electron chi connectivity index (χ3n) is 2.25. The van der Waals surface area contributed by atoms with E-state index in [0.717, 1.165) is 25.7 Å². The zero-order valence-electron chi connectivity index (χ0n) is 8.04. The van der Waals surface area contributed by atoms with Crippen LogP contribution in [0.4, 0.5) is 4.79 Å². The van der Waals surface area contributed by atoms with Gasteiger partial charge in [0.15, 0.2) is 0 Å². The van der Waals surface area contributed by atoms with Crippen LogP contribution < -0.4 is 0 Å². The maximum Gasteiger partial charge on any atom is 0.419 e. The zero-order chi connectivity index (χ0) is 10.4. The molecule has 1 aliphatic carbocycles. The SMILES string of the molecule is C#CCN(I)C(=O)OC1CCCCC1. The van der Waals surface area contributed by atoms with E-state index in [-0.39, 0.29) is 12.2 Å². The first-order valence-corrected chi connectivity index (χ1v) is 5.78. The number of nitrogens with zero attached hydrogens (tertiary/aromatic N) is 1. The Kier molecular flexibility index (Phi) is 5.09. The van der Waals surface area contributed by atoms with E-state index in [4.69, 9.17) is 11.2 Å². The minimum atomic E-state index is -0.310. The van der Waals surface area contributed by atoms with Crippen molar-refractivity contribution in [2.75, 3.05) is 6.54 Å². The summed E-state index contributed by atoms with van der Waals surface area (Å²) in [6.45, 7) is 0.298. The van der Waals surface area contributed by atoms with E-state index >= 15 is 0 Å². The standard InChI is InChI=1S/C10H14INO2/c1-2-8-12(11)10(13)14-9-6-4-3-5-7-9/h1,9H,3-8H2. The molecule has 0 bridgehead atoms. The molecule has 14 heavy (non-hydrogen) atoms. The minimum Gasteiger partial charge on any atom is -0.446 e. The average Bonchev–Trinajstić information content (AvgIpc) is 2.19. The number of terminal acetylenes is 1. The highest BCUT2D eigenvalue weighted by Gasteiger charge is 2.20. The third kappa shape index (κ3) is 3.74. The summed E-state index contributed by atoms with van der Waals surface area (Å²) in [5, 5.41) is 0. The Morgan fingerprint density at radius 2 is 2.14 bits per heavy atom. The second kappa shape index (κ2) is 6.12. The maximum atomic E-state index is 11.4. The first-order valence-electron chi connectivity index (χ1n) is 4.81. The van der Waals surface area contributed by atoms with Crippen LogP contribution in [0.15, 0.2) is 0 Å². The molecule has 0 N–H and O–H groups in total. The lowest BCUT2D eigenvalue weighted by Gasteiger charge is -2.23. The number of amides is 1. The van der Waals surface area contributed by atoms with Crippen molar-refractivity contribution >= 4 is 29.0 Å². The van der Waals surface area contributed by atoms with Crippen LogP contribution in [0.25, 0.3) is 0 Å². The van der Waals surface area contributed by atoms with Crippen molar-refractivity contribution in [2.45, 2.75) is 38.2 Å². The van der Waals surface area contributed by atoms with Crippen molar-refractivity contribution < 1.29 is 9.53 Å². The maximum absolute atomic E-state index is 11.4. The van der Waals surface area contributed by atoms with E-state index in [2.05, 4.69) is 5.92 Å². The molecule has 0 saturated heterocycles. The smallest absolute Gasteiger partial charge is 0.419 e. The highest BCUT2D eigenvalue weighted by molar-refractivity contribution is 14.1. The number of carbonyl (C=O) groups excluding carboxylic acids is 1. The molecule has 0 aromatic carbocycles. The quantitative estimate of drug-likeness (QED) is 0.446. The van der Waals surface area contributed by atoms with Crippen LogP contribution in [0.5, 0.6) is 0 Å². The topological polar surface area (TPSA) is 29.5 Å².